The van der Waals surface area contributed by atoms with Crippen LogP contribution < -0.4 is 5.32 Å². The molecule has 1 N–H and O–H groups in total. The number of hydrogen-bond donors (Lipinski definition) is 1. The van der Waals surface area contributed by atoms with Gasteiger partial charge in [0.2, 0.25) is 0 Å². The number of aromatic nitrogens is 4. The van der Waals surface area contributed by atoms with Crippen molar-refractivity contribution in [2.24, 2.45) is 0 Å². The molecule has 0 saturated carbocycles. The minimum Gasteiger partial charge on any atom is -0.379 e. The van der Waals surface area contributed by atoms with E-state index >= 15 is 0 Å². The third kappa shape index (κ3) is 5.34. The molecule has 4 rings (SSSR count). The van der Waals surface area contributed by atoms with E-state index in [1.807, 2.05) is 19.1 Å². The lowest BCUT2D eigenvalue weighted by Gasteiger charge is -2.29. The van der Waals surface area contributed by atoms with Crippen LogP contribution in [0.1, 0.15) is 54.0 Å². The maximum Gasteiger partial charge on any atom is 0.251 e. The van der Waals surface area contributed by atoms with Gasteiger partial charge < -0.3 is 10.1 Å². The Morgan fingerprint density at radius 3 is 2.47 bits per heavy atom. The summed E-state index contributed by atoms with van der Waals surface area (Å²) in [5.74, 6) is 0.800. The van der Waals surface area contributed by atoms with Crippen LogP contribution >= 0.6 is 0 Å². The number of tetrazole rings is 1. The summed E-state index contributed by atoms with van der Waals surface area (Å²) in [5, 5.41) is 15.6. The lowest BCUT2D eigenvalue weighted by Crippen LogP contribution is -2.46. The van der Waals surface area contributed by atoms with Crippen LogP contribution in [0.4, 0.5) is 0 Å². The first-order chi connectivity index (χ1) is 16.3. The Morgan fingerprint density at radius 2 is 1.79 bits per heavy atom. The second-order valence-electron chi connectivity index (χ2n) is 9.43. The van der Waals surface area contributed by atoms with Gasteiger partial charge in [-0.3, -0.25) is 9.69 Å². The molecule has 2 aromatic carbocycles. The molecule has 2 heterocycles. The zero-order valence-corrected chi connectivity index (χ0v) is 20.7. The van der Waals surface area contributed by atoms with E-state index in [2.05, 4.69) is 77.7 Å². The molecule has 1 aliphatic rings. The van der Waals surface area contributed by atoms with Crippen molar-refractivity contribution in [2.45, 2.75) is 46.6 Å². The predicted molar refractivity (Wildman–Crippen MR) is 132 cm³/mol. The zero-order chi connectivity index (χ0) is 24.2. The van der Waals surface area contributed by atoms with Crippen LogP contribution in [0, 0.1) is 13.8 Å². The van der Waals surface area contributed by atoms with Crippen LogP contribution in [0.25, 0.3) is 16.8 Å². The number of ether oxygens (including phenoxy) is 1. The highest BCUT2D eigenvalue weighted by Gasteiger charge is 2.21. The van der Waals surface area contributed by atoms with Crippen molar-refractivity contribution in [3.8, 4) is 16.8 Å². The van der Waals surface area contributed by atoms with Crippen LogP contribution in [0.3, 0.4) is 0 Å². The number of hydrogen-bond acceptors (Lipinski definition) is 6. The molecule has 0 unspecified atom stereocenters. The van der Waals surface area contributed by atoms with Gasteiger partial charge in [0.25, 0.3) is 5.91 Å². The van der Waals surface area contributed by atoms with Crippen molar-refractivity contribution >= 4 is 5.91 Å². The number of amides is 1. The molecule has 1 aromatic heterocycles. The SMILES string of the molecule is Cc1ccc(-c2cc(C(=O)N[C@H](C)CN3CCOCC3)cc(-n3nnnc3C(C)C)c2C)cc1. The number of rotatable bonds is 7. The van der Waals surface area contributed by atoms with Crippen LogP contribution in [0.15, 0.2) is 36.4 Å². The second-order valence-corrected chi connectivity index (χ2v) is 9.43. The van der Waals surface area contributed by atoms with E-state index in [0.717, 1.165) is 61.1 Å². The topological polar surface area (TPSA) is 85.2 Å². The largest absolute Gasteiger partial charge is 0.379 e. The van der Waals surface area contributed by atoms with E-state index in [4.69, 9.17) is 4.74 Å². The molecule has 0 radical (unpaired) electrons. The van der Waals surface area contributed by atoms with Gasteiger partial charge in [-0.2, -0.15) is 4.68 Å². The van der Waals surface area contributed by atoms with Gasteiger partial charge in [0, 0.05) is 37.2 Å². The normalized spacial score (nSPS) is 15.5. The van der Waals surface area contributed by atoms with Gasteiger partial charge in [-0.15, -0.1) is 5.10 Å². The van der Waals surface area contributed by atoms with Crippen molar-refractivity contribution in [1.82, 2.24) is 30.4 Å². The molecule has 1 saturated heterocycles. The first-order valence-corrected chi connectivity index (χ1v) is 11.9. The van der Waals surface area contributed by atoms with Gasteiger partial charge in [-0.1, -0.05) is 43.7 Å². The number of benzene rings is 2. The summed E-state index contributed by atoms with van der Waals surface area (Å²) in [6.07, 6.45) is 0. The molecule has 0 spiro atoms. The summed E-state index contributed by atoms with van der Waals surface area (Å²) in [7, 11) is 0. The quantitative estimate of drug-likeness (QED) is 0.578. The summed E-state index contributed by atoms with van der Waals surface area (Å²) in [6, 6.07) is 12.2. The molecule has 1 atom stereocenters. The minimum absolute atomic E-state index is 0.0115. The molecule has 1 aliphatic heterocycles. The fourth-order valence-corrected chi connectivity index (χ4v) is 4.33. The van der Waals surface area contributed by atoms with Gasteiger partial charge in [0.05, 0.1) is 18.9 Å². The Hall–Kier alpha value is -3.10. The predicted octanol–water partition coefficient (Wildman–Crippen LogP) is 3.52. The van der Waals surface area contributed by atoms with E-state index in [0.29, 0.717) is 5.56 Å². The molecule has 8 heteroatoms. The van der Waals surface area contributed by atoms with Crippen LogP contribution in [0.5, 0.6) is 0 Å². The molecule has 0 aliphatic carbocycles. The number of carbonyl (C=O) groups excluding carboxylic acids is 1. The number of nitrogens with zero attached hydrogens (tertiary/aromatic N) is 5. The van der Waals surface area contributed by atoms with Crippen LogP contribution in [-0.4, -0.2) is 69.9 Å². The molecule has 1 amide bonds. The molecule has 8 nitrogen and oxygen atoms in total. The van der Waals surface area contributed by atoms with Gasteiger partial charge in [0.15, 0.2) is 5.82 Å². The van der Waals surface area contributed by atoms with Crippen molar-refractivity contribution in [3.63, 3.8) is 0 Å². The van der Waals surface area contributed by atoms with Crippen molar-refractivity contribution < 1.29 is 9.53 Å². The molecule has 34 heavy (non-hydrogen) atoms. The van der Waals surface area contributed by atoms with Gasteiger partial charge in [-0.25, -0.2) is 0 Å². The molecular weight excluding hydrogens is 428 g/mol. The van der Waals surface area contributed by atoms with Crippen molar-refractivity contribution in [1.29, 1.82) is 0 Å². The second kappa shape index (κ2) is 10.4. The number of morpholine rings is 1. The fraction of sp³-hybridized carbons (Fsp3) is 0.462. The van der Waals surface area contributed by atoms with Gasteiger partial charge >= 0.3 is 0 Å². The Kier molecular flexibility index (Phi) is 7.38. The average molecular weight is 463 g/mol. The van der Waals surface area contributed by atoms with Crippen LogP contribution in [0.2, 0.25) is 0 Å². The first-order valence-electron chi connectivity index (χ1n) is 11.9. The number of carbonyl (C=O) groups is 1. The van der Waals surface area contributed by atoms with Gasteiger partial charge in [0.1, 0.15) is 0 Å². The number of nitrogens with one attached hydrogen (secondary N) is 1. The third-order valence-electron chi connectivity index (χ3n) is 6.26. The highest BCUT2D eigenvalue weighted by Crippen LogP contribution is 2.31. The minimum atomic E-state index is -0.102. The molecule has 1 fully saturated rings. The molecule has 3 aromatic rings. The third-order valence-corrected chi connectivity index (χ3v) is 6.26. The monoisotopic (exact) mass is 462 g/mol. The lowest BCUT2D eigenvalue weighted by atomic mass is 9.95. The maximum absolute atomic E-state index is 13.4. The van der Waals surface area contributed by atoms with Crippen molar-refractivity contribution in [3.05, 3.63) is 58.9 Å². The maximum atomic E-state index is 13.4. The Labute approximate surface area is 201 Å². The lowest BCUT2D eigenvalue weighted by molar-refractivity contribution is 0.0342. The van der Waals surface area contributed by atoms with E-state index in [1.54, 1.807) is 4.68 Å². The summed E-state index contributed by atoms with van der Waals surface area (Å²) in [4.78, 5) is 15.7. The number of aryl methyl sites for hydroxylation is 1. The molecule has 0 bridgehead atoms. The summed E-state index contributed by atoms with van der Waals surface area (Å²) in [5.41, 5.74) is 5.67. The van der Waals surface area contributed by atoms with E-state index in [-0.39, 0.29) is 17.9 Å². The van der Waals surface area contributed by atoms with E-state index in [1.165, 1.54) is 5.56 Å². The highest BCUT2D eigenvalue weighted by molar-refractivity contribution is 5.97. The Morgan fingerprint density at radius 1 is 1.09 bits per heavy atom. The first kappa shape index (κ1) is 24.0. The smallest absolute Gasteiger partial charge is 0.251 e. The fourth-order valence-electron chi connectivity index (χ4n) is 4.33. The average Bonchev–Trinajstić information content (AvgIpc) is 3.30. The molecular formula is C26H34N6O2. The molecule has 180 valence electrons. The highest BCUT2D eigenvalue weighted by atomic mass is 16.5. The Balaban J connectivity index is 1.70. The summed E-state index contributed by atoms with van der Waals surface area (Å²) < 4.78 is 7.19. The Bertz CT molecular complexity index is 1130. The van der Waals surface area contributed by atoms with E-state index in [9.17, 15) is 4.79 Å². The van der Waals surface area contributed by atoms with E-state index < -0.39 is 0 Å². The standard InChI is InChI=1S/C26H34N6O2/c1-17(2)25-28-29-30-32(25)24-15-22(14-23(20(24)5)21-8-6-18(3)7-9-21)26(33)27-19(4)16-31-10-12-34-13-11-31/h6-9,14-15,17,19H,10-13,16H2,1-5H3,(H,27,33)/t19-/m1/s1. The van der Waals surface area contributed by atoms with Crippen LogP contribution in [-0.2, 0) is 4.74 Å². The zero-order valence-electron chi connectivity index (χ0n) is 20.7. The summed E-state index contributed by atoms with van der Waals surface area (Å²) >= 11 is 0. The summed E-state index contributed by atoms with van der Waals surface area (Å²) in [6.45, 7) is 14.3. The van der Waals surface area contributed by atoms with Crippen molar-refractivity contribution in [2.75, 3.05) is 32.8 Å². The van der Waals surface area contributed by atoms with Gasteiger partial charge in [-0.05, 0) is 60.0 Å².